The Labute approximate surface area is 273 Å². The maximum absolute atomic E-state index is 11.4. The monoisotopic (exact) mass is 646 g/mol. The molecule has 0 aromatic carbocycles. The van der Waals surface area contributed by atoms with E-state index < -0.39 is 0 Å². The zero-order valence-electron chi connectivity index (χ0n) is 27.9. The molecule has 4 N–H and O–H groups in total. The summed E-state index contributed by atoms with van der Waals surface area (Å²) in [4.78, 5) is 43.8. The maximum Gasteiger partial charge on any atom is 0.220 e. The number of carbonyl (C=O) groups excluding carboxylic acids is 4. The fourth-order valence-electron chi connectivity index (χ4n) is 3.86. The Hall–Kier alpha value is -1.26. The quantitative estimate of drug-likeness (QED) is 0.0858. The largest absolute Gasteiger partial charge is 0.356 e. The fraction of sp³-hybridized carbons (Fsp3) is 0.879. The van der Waals surface area contributed by atoms with Crippen LogP contribution in [0, 0.1) is 0 Å². The molecule has 0 aliphatic carbocycles. The van der Waals surface area contributed by atoms with Crippen molar-refractivity contribution in [3.63, 3.8) is 0 Å². The minimum absolute atomic E-state index is 0.113. The predicted octanol–water partition coefficient (Wildman–Crippen LogP) is 6.27. The van der Waals surface area contributed by atoms with Crippen molar-refractivity contribution in [1.29, 1.82) is 0 Å². The molecule has 8 nitrogen and oxygen atoms in total. The van der Waals surface area contributed by atoms with Gasteiger partial charge in [0.15, 0.2) is 0 Å². The summed E-state index contributed by atoms with van der Waals surface area (Å²) in [5, 5.41) is 11.6. The van der Waals surface area contributed by atoms with Crippen LogP contribution in [0.1, 0.15) is 129 Å². The smallest absolute Gasteiger partial charge is 0.220 e. The molecule has 2 aliphatic heterocycles. The Morgan fingerprint density at radius 3 is 1.35 bits per heavy atom. The van der Waals surface area contributed by atoms with Crippen LogP contribution in [0.25, 0.3) is 0 Å². The second-order valence-electron chi connectivity index (χ2n) is 10.8. The molecule has 0 bridgehead atoms. The molecule has 0 saturated carbocycles. The van der Waals surface area contributed by atoms with Crippen molar-refractivity contribution in [2.75, 3.05) is 56.2 Å². The van der Waals surface area contributed by atoms with Gasteiger partial charge in [0.05, 0.1) is 0 Å². The van der Waals surface area contributed by atoms with Gasteiger partial charge in [-0.25, -0.2) is 0 Å². The number of likely N-dealkylation sites (N-methyl/N-ethyl adjacent to an activating group) is 1. The number of unbranched alkanes of at least 4 members (excludes halogenated alkanes) is 7. The third kappa shape index (κ3) is 40.7. The molecule has 10 heteroatoms. The van der Waals surface area contributed by atoms with Gasteiger partial charge in [0, 0.05) is 51.9 Å². The van der Waals surface area contributed by atoms with E-state index in [4.69, 9.17) is 0 Å². The minimum Gasteiger partial charge on any atom is -0.356 e. The summed E-state index contributed by atoms with van der Waals surface area (Å²) in [5.74, 6) is 6.08. The summed E-state index contributed by atoms with van der Waals surface area (Å²) in [7, 11) is 1.86. The first kappa shape index (κ1) is 43.9. The Bertz CT molecular complexity index is 609. The van der Waals surface area contributed by atoms with Crippen LogP contribution in [-0.4, -0.2) is 80.2 Å². The molecule has 43 heavy (non-hydrogen) atoms. The second kappa shape index (κ2) is 38.8. The highest BCUT2D eigenvalue weighted by Crippen LogP contribution is 2.15. The number of carbonyl (C=O) groups is 4. The van der Waals surface area contributed by atoms with Gasteiger partial charge in [-0.15, -0.1) is 0 Å². The molecule has 2 heterocycles. The van der Waals surface area contributed by atoms with E-state index in [0.29, 0.717) is 32.2 Å². The second-order valence-corrected chi connectivity index (χ2v) is 13.3. The highest BCUT2D eigenvalue weighted by Gasteiger charge is 2.02. The lowest BCUT2D eigenvalue weighted by Crippen LogP contribution is -2.30. The van der Waals surface area contributed by atoms with Gasteiger partial charge in [-0.2, -0.15) is 23.5 Å². The lowest BCUT2D eigenvalue weighted by molar-refractivity contribution is -0.122. The van der Waals surface area contributed by atoms with Crippen LogP contribution in [-0.2, 0) is 19.2 Å². The first-order chi connectivity index (χ1) is 21.0. The van der Waals surface area contributed by atoms with E-state index >= 15 is 0 Å². The topological polar surface area (TPSA) is 116 Å². The highest BCUT2D eigenvalue weighted by molar-refractivity contribution is 7.99. The lowest BCUT2D eigenvalue weighted by Gasteiger charge is -2.06. The van der Waals surface area contributed by atoms with Crippen molar-refractivity contribution in [2.45, 2.75) is 129 Å². The summed E-state index contributed by atoms with van der Waals surface area (Å²) >= 11 is 4.15. The van der Waals surface area contributed by atoms with Gasteiger partial charge in [0.2, 0.25) is 17.7 Å². The number of nitrogens with one attached hydrogen (secondary N) is 4. The van der Waals surface area contributed by atoms with E-state index in [2.05, 4.69) is 58.6 Å². The summed E-state index contributed by atoms with van der Waals surface area (Å²) < 4.78 is 0. The number of thioether (sulfide) groups is 2. The number of hydrogen-bond acceptors (Lipinski definition) is 7. The molecule has 0 atom stereocenters. The molecule has 0 aromatic heterocycles. The molecule has 0 aromatic rings. The summed E-state index contributed by atoms with van der Waals surface area (Å²) in [6.45, 7) is 7.12. The fourth-order valence-corrected chi connectivity index (χ4v) is 5.90. The molecule has 3 amide bonds. The number of hydrogen-bond donors (Lipinski definition) is 4. The SMILES string of the molecule is C1CCSC1.C1CCSC1.CCCCC(=O)NCCCCCC(=O)NCCNC.CCCCC(=O)NCCCCCC=O. The van der Waals surface area contributed by atoms with E-state index in [1.54, 1.807) is 0 Å². The van der Waals surface area contributed by atoms with Crippen LogP contribution < -0.4 is 21.3 Å². The lowest BCUT2D eigenvalue weighted by atomic mass is 10.2. The Morgan fingerprint density at radius 1 is 0.558 bits per heavy atom. The number of rotatable bonds is 21. The normalized spacial score (nSPS) is 13.3. The van der Waals surface area contributed by atoms with Gasteiger partial charge in [-0.05, 0) is 94.3 Å². The van der Waals surface area contributed by atoms with Gasteiger partial charge in [-0.3, -0.25) is 14.4 Å². The summed E-state index contributed by atoms with van der Waals surface area (Å²) in [5.41, 5.74) is 0. The average Bonchev–Trinajstić information content (AvgIpc) is 3.79. The van der Waals surface area contributed by atoms with E-state index in [1.807, 2.05) is 7.05 Å². The molecule has 2 aliphatic rings. The Kier molecular flexibility index (Phi) is 39.5. The van der Waals surface area contributed by atoms with Crippen molar-refractivity contribution in [2.24, 2.45) is 0 Å². The van der Waals surface area contributed by atoms with Crippen molar-refractivity contribution in [3.05, 3.63) is 0 Å². The van der Waals surface area contributed by atoms with Gasteiger partial charge >= 0.3 is 0 Å². The van der Waals surface area contributed by atoms with Crippen molar-refractivity contribution in [1.82, 2.24) is 21.3 Å². The molecular weight excluding hydrogens is 581 g/mol. The van der Waals surface area contributed by atoms with Crippen molar-refractivity contribution < 1.29 is 19.2 Å². The van der Waals surface area contributed by atoms with Gasteiger partial charge < -0.3 is 26.1 Å². The highest BCUT2D eigenvalue weighted by atomic mass is 32.2. The van der Waals surface area contributed by atoms with Crippen LogP contribution >= 0.6 is 23.5 Å². The number of aldehydes is 1. The van der Waals surface area contributed by atoms with Crippen molar-refractivity contribution in [3.8, 4) is 0 Å². The van der Waals surface area contributed by atoms with E-state index in [-0.39, 0.29) is 17.7 Å². The van der Waals surface area contributed by atoms with E-state index in [9.17, 15) is 19.2 Å². The van der Waals surface area contributed by atoms with Gasteiger partial charge in [-0.1, -0.05) is 39.5 Å². The Balaban J connectivity index is 0. The first-order valence-corrected chi connectivity index (χ1v) is 19.4. The van der Waals surface area contributed by atoms with Crippen LogP contribution in [0.4, 0.5) is 0 Å². The Morgan fingerprint density at radius 2 is 0.977 bits per heavy atom. The van der Waals surface area contributed by atoms with Gasteiger partial charge in [0.25, 0.3) is 0 Å². The van der Waals surface area contributed by atoms with Crippen LogP contribution in [0.3, 0.4) is 0 Å². The molecule has 2 rings (SSSR count). The maximum atomic E-state index is 11.4. The average molecular weight is 647 g/mol. The molecule has 0 radical (unpaired) electrons. The van der Waals surface area contributed by atoms with Crippen molar-refractivity contribution >= 4 is 47.5 Å². The molecule has 0 unspecified atom stereocenters. The van der Waals surface area contributed by atoms with Crippen LogP contribution in [0.2, 0.25) is 0 Å². The number of amides is 3. The molecular formula is C33H66N4O4S2. The predicted molar refractivity (Wildman–Crippen MR) is 188 cm³/mol. The molecule has 254 valence electrons. The molecule has 2 saturated heterocycles. The molecule has 0 spiro atoms. The first-order valence-electron chi connectivity index (χ1n) is 17.1. The summed E-state index contributed by atoms with van der Waals surface area (Å²) in [6.07, 6.45) is 19.1. The zero-order chi connectivity index (χ0) is 32.1. The molecule has 2 fully saturated rings. The van der Waals surface area contributed by atoms with Gasteiger partial charge in [0.1, 0.15) is 6.29 Å². The standard InChI is InChI=1S/C14H29N3O2.C11H21NO2.2C4H8S/c1-3-4-8-13(18)16-10-7-5-6-9-14(19)17-12-11-15-2;1-2-3-8-11(14)12-9-6-4-5-7-10-13;2*1-2-4-5-3-1/h15H,3-12H2,1-2H3,(H,16,18)(H,17,19);10H,2-9H2,1H3,(H,12,14);2*1-4H2. The minimum atomic E-state index is 0.113. The van der Waals surface area contributed by atoms with E-state index in [0.717, 1.165) is 90.1 Å². The van der Waals surface area contributed by atoms with E-state index in [1.165, 1.54) is 48.7 Å². The zero-order valence-corrected chi connectivity index (χ0v) is 29.5. The summed E-state index contributed by atoms with van der Waals surface area (Å²) in [6, 6.07) is 0. The third-order valence-corrected chi connectivity index (χ3v) is 8.90. The third-order valence-electron chi connectivity index (χ3n) is 6.59. The van der Waals surface area contributed by atoms with Crippen LogP contribution in [0.15, 0.2) is 0 Å². The van der Waals surface area contributed by atoms with Crippen LogP contribution in [0.5, 0.6) is 0 Å².